The average Bonchev–Trinajstić information content (AvgIpc) is 2.83. The van der Waals surface area contributed by atoms with Crippen LogP contribution in [0, 0.1) is 17.3 Å². The molecule has 5 heteroatoms. The lowest BCUT2D eigenvalue weighted by molar-refractivity contribution is -0.146. The predicted octanol–water partition coefficient (Wildman–Crippen LogP) is 2.71. The van der Waals surface area contributed by atoms with Crippen molar-refractivity contribution < 1.29 is 14.7 Å². The molecule has 1 unspecified atom stereocenters. The first kappa shape index (κ1) is 16.1. The molecule has 0 radical (unpaired) electrons. The zero-order chi connectivity index (χ0) is 15.6. The fraction of sp³-hybridized carbons (Fsp3) is 0.875. The molecule has 2 N–H and O–H groups in total. The lowest BCUT2D eigenvalue weighted by Crippen LogP contribution is -2.46. The second kappa shape index (κ2) is 6.24. The Morgan fingerprint density at radius 3 is 2.33 bits per heavy atom. The summed E-state index contributed by atoms with van der Waals surface area (Å²) in [5, 5.41) is 12.3. The standard InChI is InChI=1S/C16H28N2O3/c1-11(2)12-4-6-13(7-5-12)17-15(21)18-9-8-16(3,10-18)14(19)20/h11-13H,4-10H2,1-3H3,(H,17,21)(H,19,20). The van der Waals surface area contributed by atoms with Gasteiger partial charge in [-0.05, 0) is 50.9 Å². The summed E-state index contributed by atoms with van der Waals surface area (Å²) in [5.74, 6) is 0.687. The van der Waals surface area contributed by atoms with Crippen LogP contribution in [0.25, 0.3) is 0 Å². The number of carbonyl (C=O) groups excluding carboxylic acids is 1. The Hall–Kier alpha value is -1.26. The summed E-state index contributed by atoms with van der Waals surface area (Å²) in [6.07, 6.45) is 4.97. The quantitative estimate of drug-likeness (QED) is 0.841. The second-order valence-electron chi connectivity index (χ2n) is 7.34. The Morgan fingerprint density at radius 2 is 1.86 bits per heavy atom. The zero-order valence-electron chi connectivity index (χ0n) is 13.4. The Bertz CT molecular complexity index is 402. The van der Waals surface area contributed by atoms with Crippen LogP contribution in [0.15, 0.2) is 0 Å². The molecule has 120 valence electrons. The molecule has 1 aliphatic heterocycles. The molecule has 1 heterocycles. The van der Waals surface area contributed by atoms with E-state index in [-0.39, 0.29) is 12.1 Å². The summed E-state index contributed by atoms with van der Waals surface area (Å²) in [6.45, 7) is 7.10. The molecule has 0 aromatic rings. The topological polar surface area (TPSA) is 69.6 Å². The van der Waals surface area contributed by atoms with E-state index in [1.54, 1.807) is 11.8 Å². The number of urea groups is 1. The first-order chi connectivity index (χ1) is 9.82. The third kappa shape index (κ3) is 3.69. The molecule has 21 heavy (non-hydrogen) atoms. The van der Waals surface area contributed by atoms with Gasteiger partial charge in [-0.2, -0.15) is 0 Å². The van der Waals surface area contributed by atoms with Crippen LogP contribution in [0.3, 0.4) is 0 Å². The monoisotopic (exact) mass is 296 g/mol. The highest BCUT2D eigenvalue weighted by molar-refractivity contribution is 5.79. The minimum Gasteiger partial charge on any atom is -0.481 e. The van der Waals surface area contributed by atoms with Crippen molar-refractivity contribution in [3.05, 3.63) is 0 Å². The first-order valence-electron chi connectivity index (χ1n) is 8.10. The molecule has 2 fully saturated rings. The summed E-state index contributed by atoms with van der Waals surface area (Å²) in [6, 6.07) is 0.164. The first-order valence-corrected chi connectivity index (χ1v) is 8.10. The number of hydrogen-bond donors (Lipinski definition) is 2. The normalized spacial score (nSPS) is 33.2. The van der Waals surface area contributed by atoms with Crippen LogP contribution in [-0.2, 0) is 4.79 Å². The molecule has 5 nitrogen and oxygen atoms in total. The maximum Gasteiger partial charge on any atom is 0.317 e. The van der Waals surface area contributed by atoms with Gasteiger partial charge in [0.1, 0.15) is 0 Å². The van der Waals surface area contributed by atoms with Crippen molar-refractivity contribution in [3.63, 3.8) is 0 Å². The minimum absolute atomic E-state index is 0.0898. The highest BCUT2D eigenvalue weighted by atomic mass is 16.4. The second-order valence-corrected chi connectivity index (χ2v) is 7.34. The molecule has 1 aliphatic carbocycles. The molecule has 1 saturated heterocycles. The number of aliphatic carboxylic acids is 1. The van der Waals surface area contributed by atoms with E-state index >= 15 is 0 Å². The molecule has 1 saturated carbocycles. The summed E-state index contributed by atoms with van der Waals surface area (Å²) in [7, 11) is 0. The van der Waals surface area contributed by atoms with Crippen LogP contribution < -0.4 is 5.32 Å². The van der Waals surface area contributed by atoms with Gasteiger partial charge < -0.3 is 15.3 Å². The molecular formula is C16H28N2O3. The van der Waals surface area contributed by atoms with Crippen molar-refractivity contribution in [2.45, 2.75) is 58.9 Å². The van der Waals surface area contributed by atoms with Crippen molar-refractivity contribution in [2.75, 3.05) is 13.1 Å². The van der Waals surface area contributed by atoms with E-state index in [0.29, 0.717) is 19.5 Å². The highest BCUT2D eigenvalue weighted by Gasteiger charge is 2.42. The Kier molecular flexibility index (Phi) is 4.79. The van der Waals surface area contributed by atoms with Crippen LogP contribution in [0.2, 0.25) is 0 Å². The van der Waals surface area contributed by atoms with E-state index in [4.69, 9.17) is 0 Å². The zero-order valence-corrected chi connectivity index (χ0v) is 13.4. The van der Waals surface area contributed by atoms with Crippen LogP contribution >= 0.6 is 0 Å². The van der Waals surface area contributed by atoms with Gasteiger partial charge in [-0.15, -0.1) is 0 Å². The van der Waals surface area contributed by atoms with Crippen LogP contribution in [0.4, 0.5) is 4.79 Å². The largest absolute Gasteiger partial charge is 0.481 e. The van der Waals surface area contributed by atoms with E-state index in [9.17, 15) is 14.7 Å². The van der Waals surface area contributed by atoms with Gasteiger partial charge in [0.05, 0.1) is 5.41 Å². The SMILES string of the molecule is CC(C)C1CCC(NC(=O)N2CCC(C)(C(=O)O)C2)CC1. The van der Waals surface area contributed by atoms with Gasteiger partial charge in [-0.3, -0.25) is 4.79 Å². The fourth-order valence-corrected chi connectivity index (χ4v) is 3.51. The van der Waals surface area contributed by atoms with Crippen LogP contribution in [0.1, 0.15) is 52.9 Å². The maximum atomic E-state index is 12.3. The number of amides is 2. The minimum atomic E-state index is -0.810. The molecule has 2 aliphatic rings. The van der Waals surface area contributed by atoms with Gasteiger partial charge in [0, 0.05) is 19.1 Å². The van der Waals surface area contributed by atoms with Gasteiger partial charge in [0.15, 0.2) is 0 Å². The third-order valence-corrected chi connectivity index (χ3v) is 5.32. The number of carboxylic acids is 1. The van der Waals surface area contributed by atoms with E-state index in [1.807, 2.05) is 0 Å². The van der Waals surface area contributed by atoms with Gasteiger partial charge in [0.25, 0.3) is 0 Å². The fourth-order valence-electron chi connectivity index (χ4n) is 3.51. The Morgan fingerprint density at radius 1 is 1.24 bits per heavy atom. The van der Waals surface area contributed by atoms with Crippen molar-refractivity contribution >= 4 is 12.0 Å². The lowest BCUT2D eigenvalue weighted by Gasteiger charge is -2.32. The van der Waals surface area contributed by atoms with Crippen molar-refractivity contribution in [2.24, 2.45) is 17.3 Å². The van der Waals surface area contributed by atoms with E-state index in [2.05, 4.69) is 19.2 Å². The molecule has 0 aromatic heterocycles. The summed E-state index contributed by atoms with van der Waals surface area (Å²) in [5.41, 5.74) is -0.785. The number of carboxylic acid groups (broad SMARTS) is 1. The lowest BCUT2D eigenvalue weighted by atomic mass is 9.80. The third-order valence-electron chi connectivity index (χ3n) is 5.32. The molecule has 1 atom stereocenters. The highest BCUT2D eigenvalue weighted by Crippen LogP contribution is 2.32. The number of hydrogen-bond acceptors (Lipinski definition) is 2. The molecule has 0 spiro atoms. The van der Waals surface area contributed by atoms with Gasteiger partial charge in [0.2, 0.25) is 0 Å². The predicted molar refractivity (Wildman–Crippen MR) is 81.0 cm³/mol. The van der Waals surface area contributed by atoms with Crippen LogP contribution in [0.5, 0.6) is 0 Å². The van der Waals surface area contributed by atoms with Crippen molar-refractivity contribution in [3.8, 4) is 0 Å². The number of rotatable bonds is 3. The molecule has 2 rings (SSSR count). The van der Waals surface area contributed by atoms with Gasteiger partial charge >= 0.3 is 12.0 Å². The van der Waals surface area contributed by atoms with Gasteiger partial charge in [-0.1, -0.05) is 13.8 Å². The smallest absolute Gasteiger partial charge is 0.317 e. The number of likely N-dealkylation sites (tertiary alicyclic amines) is 1. The summed E-state index contributed by atoms with van der Waals surface area (Å²) in [4.78, 5) is 25.1. The Labute approximate surface area is 127 Å². The average molecular weight is 296 g/mol. The summed E-state index contributed by atoms with van der Waals surface area (Å²) < 4.78 is 0. The summed E-state index contributed by atoms with van der Waals surface area (Å²) >= 11 is 0. The van der Waals surface area contributed by atoms with Crippen molar-refractivity contribution in [1.82, 2.24) is 10.2 Å². The van der Waals surface area contributed by atoms with E-state index < -0.39 is 11.4 Å². The molecule has 2 amide bonds. The molecule has 0 aromatic carbocycles. The van der Waals surface area contributed by atoms with Gasteiger partial charge in [-0.25, -0.2) is 4.79 Å². The number of nitrogens with zero attached hydrogens (tertiary/aromatic N) is 1. The van der Waals surface area contributed by atoms with E-state index in [1.165, 1.54) is 12.8 Å². The molecule has 0 bridgehead atoms. The van der Waals surface area contributed by atoms with E-state index in [0.717, 1.165) is 24.7 Å². The number of nitrogens with one attached hydrogen (secondary N) is 1. The molecular weight excluding hydrogens is 268 g/mol. The maximum absolute atomic E-state index is 12.3. The van der Waals surface area contributed by atoms with Crippen molar-refractivity contribution in [1.29, 1.82) is 0 Å². The van der Waals surface area contributed by atoms with Crippen LogP contribution in [-0.4, -0.2) is 41.1 Å². The number of carbonyl (C=O) groups is 2. The Balaban J connectivity index is 1.80.